The van der Waals surface area contributed by atoms with Crippen molar-refractivity contribution in [1.29, 1.82) is 0 Å². The van der Waals surface area contributed by atoms with Crippen LogP contribution in [0.1, 0.15) is 32.1 Å². The van der Waals surface area contributed by atoms with Crippen LogP contribution in [0.15, 0.2) is 24.5 Å². The van der Waals surface area contributed by atoms with E-state index in [1.54, 1.807) is 12.4 Å². The van der Waals surface area contributed by atoms with Gasteiger partial charge in [-0.2, -0.15) is 0 Å². The largest absolute Gasteiger partial charge is 0.325 e. The van der Waals surface area contributed by atoms with E-state index in [9.17, 15) is 4.79 Å². The van der Waals surface area contributed by atoms with Crippen molar-refractivity contribution >= 4 is 11.6 Å². The topological polar surface area (TPSA) is 54.0 Å². The number of hydrogen-bond acceptors (Lipinski definition) is 3. The number of amides is 1. The summed E-state index contributed by atoms with van der Waals surface area (Å²) in [6, 6.07) is 5.01. The molecule has 4 heteroatoms. The van der Waals surface area contributed by atoms with Crippen LogP contribution in [-0.4, -0.2) is 23.0 Å². The molecule has 0 radical (unpaired) electrons. The zero-order chi connectivity index (χ0) is 12.4. The number of piperidine rings is 1. The summed E-state index contributed by atoms with van der Waals surface area (Å²) in [5.74, 6) is 0.662. The van der Waals surface area contributed by atoms with E-state index in [-0.39, 0.29) is 5.91 Å². The number of pyridine rings is 1. The molecule has 96 valence electrons. The number of carbonyl (C=O) groups excluding carboxylic acids is 1. The molecule has 1 aromatic rings. The Morgan fingerprint density at radius 1 is 1.39 bits per heavy atom. The standard InChI is InChI=1S/C14H19N3O/c18-14(17-13-2-1-5-15-9-13)8-10-6-11-3-4-12(7-10)16-11/h1-2,5,9-12,16H,3-4,6-8H2,(H,17,18). The first-order valence-electron chi connectivity index (χ1n) is 6.75. The highest BCUT2D eigenvalue weighted by atomic mass is 16.1. The average Bonchev–Trinajstić information content (AvgIpc) is 2.70. The predicted octanol–water partition coefficient (Wildman–Crippen LogP) is 1.94. The highest BCUT2D eigenvalue weighted by Gasteiger charge is 2.34. The summed E-state index contributed by atoms with van der Waals surface area (Å²) in [4.78, 5) is 15.9. The first kappa shape index (κ1) is 11.7. The fourth-order valence-corrected chi connectivity index (χ4v) is 3.25. The molecule has 4 nitrogen and oxygen atoms in total. The molecule has 0 saturated carbocycles. The van der Waals surface area contributed by atoms with E-state index >= 15 is 0 Å². The number of rotatable bonds is 3. The molecule has 2 unspecified atom stereocenters. The third-order valence-corrected chi connectivity index (χ3v) is 3.99. The van der Waals surface area contributed by atoms with Gasteiger partial charge in [0.15, 0.2) is 0 Å². The van der Waals surface area contributed by atoms with Crippen LogP contribution < -0.4 is 10.6 Å². The van der Waals surface area contributed by atoms with Gasteiger partial charge >= 0.3 is 0 Å². The van der Waals surface area contributed by atoms with Crippen LogP contribution in [0.4, 0.5) is 5.69 Å². The van der Waals surface area contributed by atoms with Crippen molar-refractivity contribution in [3.63, 3.8) is 0 Å². The second-order valence-corrected chi connectivity index (χ2v) is 5.47. The summed E-state index contributed by atoms with van der Waals surface area (Å²) in [5, 5.41) is 6.52. The molecule has 2 aliphatic rings. The lowest BCUT2D eigenvalue weighted by Crippen LogP contribution is -2.39. The van der Waals surface area contributed by atoms with Crippen molar-refractivity contribution < 1.29 is 4.79 Å². The average molecular weight is 245 g/mol. The number of nitrogens with one attached hydrogen (secondary N) is 2. The van der Waals surface area contributed by atoms with E-state index in [0.717, 1.165) is 18.5 Å². The SMILES string of the molecule is O=C(CC1CC2CCC(C1)N2)Nc1cccnc1. The highest BCUT2D eigenvalue weighted by molar-refractivity contribution is 5.90. The Bertz CT molecular complexity index is 408. The molecule has 2 N–H and O–H groups in total. The molecule has 2 bridgehead atoms. The molecule has 0 aliphatic carbocycles. The van der Waals surface area contributed by atoms with Crippen molar-refractivity contribution in [2.45, 2.75) is 44.2 Å². The van der Waals surface area contributed by atoms with Crippen LogP contribution in [-0.2, 0) is 4.79 Å². The summed E-state index contributed by atoms with van der Waals surface area (Å²) in [7, 11) is 0. The monoisotopic (exact) mass is 245 g/mol. The van der Waals surface area contributed by atoms with Crippen LogP contribution in [0.5, 0.6) is 0 Å². The minimum atomic E-state index is 0.120. The maximum Gasteiger partial charge on any atom is 0.224 e. The Morgan fingerprint density at radius 3 is 2.83 bits per heavy atom. The van der Waals surface area contributed by atoms with Gasteiger partial charge in [0.2, 0.25) is 5.91 Å². The van der Waals surface area contributed by atoms with E-state index in [4.69, 9.17) is 0 Å². The second-order valence-electron chi connectivity index (χ2n) is 5.47. The fraction of sp³-hybridized carbons (Fsp3) is 0.571. The first-order chi connectivity index (χ1) is 8.79. The Kier molecular flexibility index (Phi) is 3.28. The molecule has 2 aliphatic heterocycles. The maximum atomic E-state index is 12.0. The number of nitrogens with zero attached hydrogens (tertiary/aromatic N) is 1. The van der Waals surface area contributed by atoms with E-state index in [0.29, 0.717) is 24.4 Å². The lowest BCUT2D eigenvalue weighted by atomic mass is 9.89. The summed E-state index contributed by atoms with van der Waals surface area (Å²) < 4.78 is 0. The molecule has 1 aromatic heterocycles. The van der Waals surface area contributed by atoms with Gasteiger partial charge in [-0.05, 0) is 43.7 Å². The summed E-state index contributed by atoms with van der Waals surface area (Å²) in [6.45, 7) is 0. The zero-order valence-corrected chi connectivity index (χ0v) is 10.4. The zero-order valence-electron chi connectivity index (χ0n) is 10.4. The maximum absolute atomic E-state index is 12.0. The van der Waals surface area contributed by atoms with Crippen LogP contribution in [0.3, 0.4) is 0 Å². The van der Waals surface area contributed by atoms with Crippen molar-refractivity contribution in [3.05, 3.63) is 24.5 Å². The molecule has 3 heterocycles. The number of carbonyl (C=O) groups is 1. The molecule has 18 heavy (non-hydrogen) atoms. The predicted molar refractivity (Wildman–Crippen MR) is 70.2 cm³/mol. The van der Waals surface area contributed by atoms with Gasteiger partial charge < -0.3 is 10.6 Å². The third kappa shape index (κ3) is 2.70. The number of hydrogen-bond donors (Lipinski definition) is 2. The summed E-state index contributed by atoms with van der Waals surface area (Å²) >= 11 is 0. The van der Waals surface area contributed by atoms with Crippen molar-refractivity contribution in [2.75, 3.05) is 5.32 Å². The molecule has 2 fully saturated rings. The number of aromatic nitrogens is 1. The van der Waals surface area contributed by atoms with E-state index in [1.165, 1.54) is 12.8 Å². The smallest absolute Gasteiger partial charge is 0.224 e. The van der Waals surface area contributed by atoms with Gasteiger partial charge in [-0.1, -0.05) is 0 Å². The fourth-order valence-electron chi connectivity index (χ4n) is 3.25. The van der Waals surface area contributed by atoms with Gasteiger partial charge in [-0.15, -0.1) is 0 Å². The Morgan fingerprint density at radius 2 is 2.17 bits per heavy atom. The Labute approximate surface area is 107 Å². The molecule has 3 rings (SSSR count). The molecule has 0 aromatic carbocycles. The van der Waals surface area contributed by atoms with Gasteiger partial charge in [0, 0.05) is 24.7 Å². The normalized spacial score (nSPS) is 30.1. The van der Waals surface area contributed by atoms with Gasteiger partial charge in [-0.25, -0.2) is 0 Å². The lowest BCUT2D eigenvalue weighted by molar-refractivity contribution is -0.117. The minimum Gasteiger partial charge on any atom is -0.325 e. The van der Waals surface area contributed by atoms with Gasteiger partial charge in [0.05, 0.1) is 11.9 Å². The molecule has 2 saturated heterocycles. The van der Waals surface area contributed by atoms with Crippen LogP contribution in [0.25, 0.3) is 0 Å². The van der Waals surface area contributed by atoms with Crippen molar-refractivity contribution in [2.24, 2.45) is 5.92 Å². The van der Waals surface area contributed by atoms with Crippen LogP contribution >= 0.6 is 0 Å². The highest BCUT2D eigenvalue weighted by Crippen LogP contribution is 2.32. The molecule has 1 amide bonds. The van der Waals surface area contributed by atoms with Crippen molar-refractivity contribution in [1.82, 2.24) is 10.3 Å². The molecule has 0 spiro atoms. The van der Waals surface area contributed by atoms with Crippen LogP contribution in [0, 0.1) is 5.92 Å². The summed E-state index contributed by atoms with van der Waals surface area (Å²) in [6.07, 6.45) is 8.90. The van der Waals surface area contributed by atoms with Crippen LogP contribution in [0.2, 0.25) is 0 Å². The Hall–Kier alpha value is -1.42. The lowest BCUT2D eigenvalue weighted by Gasteiger charge is -2.28. The Balaban J connectivity index is 1.52. The second kappa shape index (κ2) is 5.06. The summed E-state index contributed by atoms with van der Waals surface area (Å²) in [5.41, 5.74) is 0.791. The van der Waals surface area contributed by atoms with Crippen molar-refractivity contribution in [3.8, 4) is 0 Å². The van der Waals surface area contributed by atoms with E-state index in [1.807, 2.05) is 12.1 Å². The van der Waals surface area contributed by atoms with Gasteiger partial charge in [0.1, 0.15) is 0 Å². The van der Waals surface area contributed by atoms with E-state index in [2.05, 4.69) is 15.6 Å². The minimum absolute atomic E-state index is 0.120. The van der Waals surface area contributed by atoms with Gasteiger partial charge in [-0.3, -0.25) is 9.78 Å². The third-order valence-electron chi connectivity index (χ3n) is 3.99. The quantitative estimate of drug-likeness (QED) is 0.855. The molecular weight excluding hydrogens is 226 g/mol. The molecule has 2 atom stereocenters. The first-order valence-corrected chi connectivity index (χ1v) is 6.75. The molecular formula is C14H19N3O. The van der Waals surface area contributed by atoms with E-state index < -0.39 is 0 Å². The number of anilines is 1. The number of fused-ring (bicyclic) bond motifs is 2. The van der Waals surface area contributed by atoms with Gasteiger partial charge in [0.25, 0.3) is 0 Å².